The summed E-state index contributed by atoms with van der Waals surface area (Å²) in [5, 5.41) is 7.35. The van der Waals surface area contributed by atoms with Crippen LogP contribution < -0.4 is 0 Å². The number of hydrogen-bond acceptors (Lipinski definition) is 2. The van der Waals surface area contributed by atoms with Crippen molar-refractivity contribution < 1.29 is 4.79 Å². The van der Waals surface area contributed by atoms with Crippen molar-refractivity contribution in [2.24, 2.45) is 5.41 Å². The molecule has 62 valence electrons. The molecule has 1 fully saturated rings. The lowest BCUT2D eigenvalue weighted by Gasteiger charge is -2.30. The lowest BCUT2D eigenvalue weighted by molar-refractivity contribution is -0.127. The number of rotatable bonds is 1. The highest BCUT2D eigenvalue weighted by atomic mass is 16.1. The van der Waals surface area contributed by atoms with Crippen LogP contribution in [-0.4, -0.2) is 11.5 Å². The quantitative estimate of drug-likeness (QED) is 0.616. The molecule has 0 bridgehead atoms. The van der Waals surface area contributed by atoms with Crippen LogP contribution in [0.5, 0.6) is 0 Å². The minimum absolute atomic E-state index is 0.120. The normalized spacial score (nSPS) is 32.5. The number of nitrogens with one attached hydrogen (secondary N) is 1. The van der Waals surface area contributed by atoms with Crippen LogP contribution in [0.1, 0.15) is 39.5 Å². The molecule has 1 atom stereocenters. The number of ketones is 1. The van der Waals surface area contributed by atoms with Crippen molar-refractivity contribution in [3.63, 3.8) is 0 Å². The van der Waals surface area contributed by atoms with Crippen molar-refractivity contribution in [3.05, 3.63) is 0 Å². The van der Waals surface area contributed by atoms with Crippen molar-refractivity contribution in [3.8, 4) is 0 Å². The van der Waals surface area contributed by atoms with Gasteiger partial charge in [0.25, 0.3) is 0 Å². The summed E-state index contributed by atoms with van der Waals surface area (Å²) in [6.45, 7) is 4.06. The Labute approximate surface area is 67.5 Å². The zero-order valence-electron chi connectivity index (χ0n) is 7.24. The molecule has 11 heavy (non-hydrogen) atoms. The molecule has 0 spiro atoms. The SMILES string of the molecule is CCC1(C)CCC(=N)CC1=O. The molecule has 1 N–H and O–H groups in total. The summed E-state index contributed by atoms with van der Waals surface area (Å²) in [4.78, 5) is 11.4. The fraction of sp³-hybridized carbons (Fsp3) is 0.778. The van der Waals surface area contributed by atoms with E-state index in [0.29, 0.717) is 12.1 Å². The van der Waals surface area contributed by atoms with E-state index in [1.54, 1.807) is 0 Å². The minimum atomic E-state index is -0.120. The molecule has 0 amide bonds. The fourth-order valence-electron chi connectivity index (χ4n) is 1.44. The Balaban J connectivity index is 2.71. The van der Waals surface area contributed by atoms with E-state index >= 15 is 0 Å². The van der Waals surface area contributed by atoms with Gasteiger partial charge in [0.1, 0.15) is 5.78 Å². The predicted molar refractivity (Wildman–Crippen MR) is 45.0 cm³/mol. The molecule has 1 rings (SSSR count). The second kappa shape index (κ2) is 2.76. The lowest BCUT2D eigenvalue weighted by Crippen LogP contribution is -2.33. The first-order valence-corrected chi connectivity index (χ1v) is 4.18. The summed E-state index contributed by atoms with van der Waals surface area (Å²) in [7, 11) is 0. The van der Waals surface area contributed by atoms with Gasteiger partial charge in [-0.25, -0.2) is 0 Å². The van der Waals surface area contributed by atoms with E-state index in [1.165, 1.54) is 0 Å². The van der Waals surface area contributed by atoms with Crippen LogP contribution in [0.3, 0.4) is 0 Å². The highest BCUT2D eigenvalue weighted by molar-refractivity contribution is 6.05. The summed E-state index contributed by atoms with van der Waals surface area (Å²) >= 11 is 0. The Hall–Kier alpha value is -0.660. The van der Waals surface area contributed by atoms with Crippen LogP contribution in [0.2, 0.25) is 0 Å². The van der Waals surface area contributed by atoms with Gasteiger partial charge in [-0.3, -0.25) is 4.79 Å². The Kier molecular flexibility index (Phi) is 2.12. The summed E-state index contributed by atoms with van der Waals surface area (Å²) in [6.07, 6.45) is 3.00. The van der Waals surface area contributed by atoms with Crippen LogP contribution in [0, 0.1) is 10.8 Å². The van der Waals surface area contributed by atoms with Gasteiger partial charge in [0.2, 0.25) is 0 Å². The van der Waals surface area contributed by atoms with Gasteiger partial charge in [-0.2, -0.15) is 0 Å². The van der Waals surface area contributed by atoms with Gasteiger partial charge in [-0.05, 0) is 19.3 Å². The van der Waals surface area contributed by atoms with Gasteiger partial charge >= 0.3 is 0 Å². The maximum atomic E-state index is 11.4. The second-order valence-corrected chi connectivity index (χ2v) is 3.62. The van der Waals surface area contributed by atoms with E-state index in [9.17, 15) is 4.79 Å². The van der Waals surface area contributed by atoms with Crippen molar-refractivity contribution in [1.29, 1.82) is 5.41 Å². The highest BCUT2D eigenvalue weighted by Gasteiger charge is 2.34. The van der Waals surface area contributed by atoms with E-state index in [4.69, 9.17) is 5.41 Å². The van der Waals surface area contributed by atoms with Crippen LogP contribution >= 0.6 is 0 Å². The van der Waals surface area contributed by atoms with Crippen molar-refractivity contribution in [2.75, 3.05) is 0 Å². The van der Waals surface area contributed by atoms with Gasteiger partial charge in [-0.15, -0.1) is 0 Å². The summed E-state index contributed by atoms with van der Waals surface area (Å²) in [6, 6.07) is 0. The van der Waals surface area contributed by atoms with Gasteiger partial charge in [0.05, 0.1) is 0 Å². The Morgan fingerprint density at radius 1 is 1.64 bits per heavy atom. The Morgan fingerprint density at radius 3 is 2.73 bits per heavy atom. The highest BCUT2D eigenvalue weighted by Crippen LogP contribution is 2.33. The first-order valence-electron chi connectivity index (χ1n) is 4.18. The average molecular weight is 153 g/mol. The third kappa shape index (κ3) is 1.50. The molecule has 1 aliphatic rings. The predicted octanol–water partition coefficient (Wildman–Crippen LogP) is 2.18. The van der Waals surface area contributed by atoms with Crippen molar-refractivity contribution in [1.82, 2.24) is 0 Å². The van der Waals surface area contributed by atoms with E-state index in [1.807, 2.05) is 13.8 Å². The van der Waals surface area contributed by atoms with Crippen LogP contribution in [0.25, 0.3) is 0 Å². The Morgan fingerprint density at radius 2 is 2.27 bits per heavy atom. The molecule has 0 heterocycles. The third-order valence-electron chi connectivity index (χ3n) is 2.81. The van der Waals surface area contributed by atoms with E-state index < -0.39 is 0 Å². The van der Waals surface area contributed by atoms with E-state index in [2.05, 4.69) is 0 Å². The number of carbonyl (C=O) groups excluding carboxylic acids is 1. The molecule has 0 aromatic rings. The molecule has 0 radical (unpaired) electrons. The van der Waals surface area contributed by atoms with Crippen molar-refractivity contribution >= 4 is 11.5 Å². The third-order valence-corrected chi connectivity index (χ3v) is 2.81. The van der Waals surface area contributed by atoms with E-state index in [0.717, 1.165) is 19.3 Å². The largest absolute Gasteiger partial charge is 0.309 e. The van der Waals surface area contributed by atoms with Crippen molar-refractivity contribution in [2.45, 2.75) is 39.5 Å². The molecule has 1 saturated carbocycles. The molecule has 0 aromatic heterocycles. The number of hydrogen-bond donors (Lipinski definition) is 1. The second-order valence-electron chi connectivity index (χ2n) is 3.62. The van der Waals surface area contributed by atoms with Crippen LogP contribution in [0.15, 0.2) is 0 Å². The molecule has 0 saturated heterocycles. The molecular weight excluding hydrogens is 138 g/mol. The zero-order chi connectivity index (χ0) is 8.48. The van der Waals surface area contributed by atoms with E-state index in [-0.39, 0.29) is 11.2 Å². The van der Waals surface area contributed by atoms with Gasteiger partial charge in [0, 0.05) is 17.5 Å². The van der Waals surface area contributed by atoms with Crippen LogP contribution in [0.4, 0.5) is 0 Å². The molecule has 0 aromatic carbocycles. The van der Waals surface area contributed by atoms with Gasteiger partial charge in [-0.1, -0.05) is 13.8 Å². The summed E-state index contributed by atoms with van der Waals surface area (Å²) < 4.78 is 0. The smallest absolute Gasteiger partial charge is 0.144 e. The Bertz CT molecular complexity index is 198. The number of Topliss-reactive ketones (excluding diaryl/α,β-unsaturated/α-hetero) is 1. The average Bonchev–Trinajstić information content (AvgIpc) is 1.98. The standard InChI is InChI=1S/C9H15NO/c1-3-9(2)5-4-7(10)6-8(9)11/h10H,3-6H2,1-2H3. The molecule has 1 aliphatic carbocycles. The zero-order valence-corrected chi connectivity index (χ0v) is 7.24. The minimum Gasteiger partial charge on any atom is -0.309 e. The first kappa shape index (κ1) is 8.44. The maximum Gasteiger partial charge on any atom is 0.144 e. The van der Waals surface area contributed by atoms with Crippen LogP contribution in [-0.2, 0) is 4.79 Å². The lowest BCUT2D eigenvalue weighted by atomic mass is 9.72. The molecular formula is C9H15NO. The monoisotopic (exact) mass is 153 g/mol. The molecule has 0 aliphatic heterocycles. The fourth-order valence-corrected chi connectivity index (χ4v) is 1.44. The first-order chi connectivity index (χ1) is 5.08. The maximum absolute atomic E-state index is 11.4. The summed E-state index contributed by atoms with van der Waals surface area (Å²) in [5.41, 5.74) is 0.491. The molecule has 2 heteroatoms. The molecule has 1 unspecified atom stereocenters. The summed E-state index contributed by atoms with van der Waals surface area (Å²) in [5.74, 6) is 0.260. The number of carbonyl (C=O) groups is 1. The van der Waals surface area contributed by atoms with Gasteiger partial charge in [0.15, 0.2) is 0 Å². The topological polar surface area (TPSA) is 40.9 Å². The molecule has 2 nitrogen and oxygen atoms in total. The van der Waals surface area contributed by atoms with Gasteiger partial charge < -0.3 is 5.41 Å².